The van der Waals surface area contributed by atoms with Gasteiger partial charge in [0.2, 0.25) is 0 Å². The van der Waals surface area contributed by atoms with Gasteiger partial charge >= 0.3 is 0 Å². The Balaban J connectivity index is 2.23. The fourth-order valence-electron chi connectivity index (χ4n) is 2.39. The van der Waals surface area contributed by atoms with Crippen LogP contribution in [0.5, 0.6) is 0 Å². The number of aryl methyl sites for hydroxylation is 2. The molecule has 2 rings (SSSR count). The maximum atomic E-state index is 4.36. The standard InChI is InChI=1S/C16H22BrN3/c1-4-18-16(9-13-10-19-20(5-2)11-13)14-8-12(3)6-7-15(14)17/h6-8,10-11,16,18H,4-5,9H2,1-3H3. The molecule has 0 saturated heterocycles. The molecule has 0 saturated carbocycles. The number of likely N-dealkylation sites (N-methyl/N-ethyl adjacent to an activating group) is 1. The van der Waals surface area contributed by atoms with Crippen LogP contribution in [0.1, 0.15) is 36.6 Å². The Labute approximate surface area is 129 Å². The van der Waals surface area contributed by atoms with Crippen molar-refractivity contribution in [2.75, 3.05) is 6.54 Å². The van der Waals surface area contributed by atoms with Crippen molar-refractivity contribution in [1.82, 2.24) is 15.1 Å². The van der Waals surface area contributed by atoms with Crippen molar-refractivity contribution in [2.45, 2.75) is 39.8 Å². The Kier molecular flexibility index (Phi) is 5.38. The second-order valence-corrected chi connectivity index (χ2v) is 5.90. The number of aromatic nitrogens is 2. The third-order valence-corrected chi connectivity index (χ3v) is 4.15. The van der Waals surface area contributed by atoms with Crippen LogP contribution in [-0.4, -0.2) is 16.3 Å². The van der Waals surface area contributed by atoms with Crippen LogP contribution in [0.3, 0.4) is 0 Å². The Morgan fingerprint density at radius 1 is 1.35 bits per heavy atom. The van der Waals surface area contributed by atoms with Gasteiger partial charge in [-0.2, -0.15) is 5.10 Å². The lowest BCUT2D eigenvalue weighted by Gasteiger charge is -2.19. The predicted molar refractivity (Wildman–Crippen MR) is 86.9 cm³/mol. The lowest BCUT2D eigenvalue weighted by atomic mass is 9.99. The second kappa shape index (κ2) is 7.04. The Bertz CT molecular complexity index is 563. The van der Waals surface area contributed by atoms with Crippen molar-refractivity contribution in [3.05, 3.63) is 51.8 Å². The van der Waals surface area contributed by atoms with E-state index in [9.17, 15) is 0 Å². The zero-order valence-corrected chi connectivity index (χ0v) is 13.9. The third kappa shape index (κ3) is 3.70. The van der Waals surface area contributed by atoms with E-state index in [4.69, 9.17) is 0 Å². The van der Waals surface area contributed by atoms with Crippen LogP contribution < -0.4 is 5.32 Å². The highest BCUT2D eigenvalue weighted by Gasteiger charge is 2.15. The molecule has 108 valence electrons. The maximum absolute atomic E-state index is 4.36. The van der Waals surface area contributed by atoms with Crippen LogP contribution in [0.2, 0.25) is 0 Å². The van der Waals surface area contributed by atoms with E-state index in [1.165, 1.54) is 16.7 Å². The third-order valence-electron chi connectivity index (χ3n) is 3.43. The highest BCUT2D eigenvalue weighted by atomic mass is 79.9. The largest absolute Gasteiger partial charge is 0.310 e. The molecule has 0 radical (unpaired) electrons. The van der Waals surface area contributed by atoms with E-state index in [1.54, 1.807) is 0 Å². The molecule has 1 atom stereocenters. The van der Waals surface area contributed by atoms with Crippen molar-refractivity contribution in [1.29, 1.82) is 0 Å². The van der Waals surface area contributed by atoms with Gasteiger partial charge in [0.15, 0.2) is 0 Å². The first-order valence-electron chi connectivity index (χ1n) is 7.14. The lowest BCUT2D eigenvalue weighted by Crippen LogP contribution is -2.23. The fraction of sp³-hybridized carbons (Fsp3) is 0.438. The molecule has 1 aromatic carbocycles. The highest BCUT2D eigenvalue weighted by Crippen LogP contribution is 2.27. The highest BCUT2D eigenvalue weighted by molar-refractivity contribution is 9.10. The molecule has 3 nitrogen and oxygen atoms in total. The minimum Gasteiger partial charge on any atom is -0.310 e. The average molecular weight is 336 g/mol. The van der Waals surface area contributed by atoms with Gasteiger partial charge in [-0.3, -0.25) is 4.68 Å². The van der Waals surface area contributed by atoms with Crippen molar-refractivity contribution in [2.24, 2.45) is 0 Å². The van der Waals surface area contributed by atoms with E-state index in [-0.39, 0.29) is 0 Å². The summed E-state index contributed by atoms with van der Waals surface area (Å²) in [7, 11) is 0. The van der Waals surface area contributed by atoms with Crippen molar-refractivity contribution in [3.8, 4) is 0 Å². The molecule has 1 aromatic heterocycles. The van der Waals surface area contributed by atoms with Crippen LogP contribution in [0.25, 0.3) is 0 Å². The first kappa shape index (κ1) is 15.3. The van der Waals surface area contributed by atoms with Gasteiger partial charge in [-0.05, 0) is 44.0 Å². The molecule has 1 unspecified atom stereocenters. The molecule has 0 bridgehead atoms. The predicted octanol–water partition coefficient (Wildman–Crippen LogP) is 3.87. The van der Waals surface area contributed by atoms with Crippen LogP contribution >= 0.6 is 15.9 Å². The minimum atomic E-state index is 0.309. The molecule has 4 heteroatoms. The van der Waals surface area contributed by atoms with Gasteiger partial charge in [0.1, 0.15) is 0 Å². The van der Waals surface area contributed by atoms with E-state index in [1.807, 2.05) is 10.9 Å². The molecule has 0 spiro atoms. The van der Waals surface area contributed by atoms with Crippen molar-refractivity contribution >= 4 is 15.9 Å². The van der Waals surface area contributed by atoms with Gasteiger partial charge in [0.05, 0.1) is 6.20 Å². The molecule has 20 heavy (non-hydrogen) atoms. The monoisotopic (exact) mass is 335 g/mol. The Morgan fingerprint density at radius 2 is 2.15 bits per heavy atom. The molecular formula is C16H22BrN3. The number of nitrogens with one attached hydrogen (secondary N) is 1. The molecule has 0 aliphatic heterocycles. The SMILES string of the molecule is CCNC(Cc1cnn(CC)c1)c1cc(C)ccc1Br. The first-order chi connectivity index (χ1) is 9.63. The van der Waals surface area contributed by atoms with Crippen LogP contribution in [-0.2, 0) is 13.0 Å². The molecular weight excluding hydrogens is 314 g/mol. The summed E-state index contributed by atoms with van der Waals surface area (Å²) in [6.45, 7) is 8.25. The Morgan fingerprint density at radius 3 is 2.80 bits per heavy atom. The van der Waals surface area contributed by atoms with Gasteiger partial charge < -0.3 is 5.32 Å². The quantitative estimate of drug-likeness (QED) is 0.868. The number of nitrogens with zero attached hydrogens (tertiary/aromatic N) is 2. The molecule has 1 N–H and O–H groups in total. The molecule has 2 aromatic rings. The maximum Gasteiger partial charge on any atom is 0.0522 e. The van der Waals surface area contributed by atoms with Crippen molar-refractivity contribution in [3.63, 3.8) is 0 Å². The van der Waals surface area contributed by atoms with E-state index < -0.39 is 0 Å². The normalized spacial score (nSPS) is 12.6. The number of hydrogen-bond donors (Lipinski definition) is 1. The first-order valence-corrected chi connectivity index (χ1v) is 7.94. The number of halogens is 1. The molecule has 0 fully saturated rings. The second-order valence-electron chi connectivity index (χ2n) is 5.04. The topological polar surface area (TPSA) is 29.9 Å². The number of benzene rings is 1. The lowest BCUT2D eigenvalue weighted by molar-refractivity contribution is 0.547. The molecule has 0 aliphatic rings. The minimum absolute atomic E-state index is 0.309. The number of hydrogen-bond acceptors (Lipinski definition) is 2. The summed E-state index contributed by atoms with van der Waals surface area (Å²) in [5.41, 5.74) is 3.87. The molecule has 1 heterocycles. The van der Waals surface area contributed by atoms with Gasteiger partial charge in [-0.15, -0.1) is 0 Å². The Hall–Kier alpha value is -1.13. The summed E-state index contributed by atoms with van der Waals surface area (Å²) in [5.74, 6) is 0. The zero-order valence-electron chi connectivity index (χ0n) is 12.4. The van der Waals surface area contributed by atoms with E-state index in [0.717, 1.165) is 24.0 Å². The smallest absolute Gasteiger partial charge is 0.0522 e. The summed E-state index contributed by atoms with van der Waals surface area (Å²) in [6, 6.07) is 6.82. The molecule has 0 amide bonds. The van der Waals surface area contributed by atoms with Crippen LogP contribution in [0.15, 0.2) is 35.1 Å². The van der Waals surface area contributed by atoms with Crippen LogP contribution in [0.4, 0.5) is 0 Å². The van der Waals surface area contributed by atoms with E-state index in [0.29, 0.717) is 6.04 Å². The fourth-order valence-corrected chi connectivity index (χ4v) is 2.91. The zero-order chi connectivity index (χ0) is 14.5. The number of rotatable bonds is 6. The summed E-state index contributed by atoms with van der Waals surface area (Å²) < 4.78 is 3.14. The average Bonchev–Trinajstić information content (AvgIpc) is 2.89. The van der Waals surface area contributed by atoms with Gasteiger partial charge in [-0.1, -0.05) is 40.5 Å². The summed E-state index contributed by atoms with van der Waals surface area (Å²) in [4.78, 5) is 0. The summed E-state index contributed by atoms with van der Waals surface area (Å²) >= 11 is 3.67. The van der Waals surface area contributed by atoms with Gasteiger partial charge in [-0.25, -0.2) is 0 Å². The summed E-state index contributed by atoms with van der Waals surface area (Å²) in [6.07, 6.45) is 5.06. The van der Waals surface area contributed by atoms with Gasteiger partial charge in [0, 0.05) is 23.3 Å². The molecule has 0 aliphatic carbocycles. The summed E-state index contributed by atoms with van der Waals surface area (Å²) in [5, 5.41) is 7.93. The van der Waals surface area contributed by atoms with Crippen molar-refractivity contribution < 1.29 is 0 Å². The van der Waals surface area contributed by atoms with Crippen LogP contribution in [0, 0.1) is 6.92 Å². The van der Waals surface area contributed by atoms with Gasteiger partial charge in [0.25, 0.3) is 0 Å². The van der Waals surface area contributed by atoms with E-state index in [2.05, 4.69) is 71.5 Å². The van der Waals surface area contributed by atoms with E-state index >= 15 is 0 Å².